The summed E-state index contributed by atoms with van der Waals surface area (Å²) in [6.07, 6.45) is 0. The molecule has 9 heteroatoms. The highest BCUT2D eigenvalue weighted by Crippen LogP contribution is 2.46. The van der Waals surface area contributed by atoms with Gasteiger partial charge in [0.15, 0.2) is 23.3 Å². The Bertz CT molecular complexity index is 6720. The smallest absolute Gasteiger partial charge is 0.164 e. The van der Waals surface area contributed by atoms with Crippen molar-refractivity contribution < 1.29 is 0 Å². The molecule has 6 aromatic heterocycles. The fraction of sp³-hybridized carbons (Fsp3) is 0. The number of hydrogen-bond donors (Lipinski definition) is 0. The Balaban J connectivity index is 0.000000138. The molecule has 6 heterocycles. The quantitative estimate of drug-likeness (QED) is 0.136. The van der Waals surface area contributed by atoms with Crippen molar-refractivity contribution in [3.05, 3.63) is 382 Å². The summed E-state index contributed by atoms with van der Waals surface area (Å²) in [7, 11) is 0. The highest BCUT2D eigenvalue weighted by Gasteiger charge is 2.25. The van der Waals surface area contributed by atoms with Gasteiger partial charge in [0, 0.05) is 99.2 Å². The Morgan fingerprint density at radius 2 is 0.454 bits per heavy atom. The topological polar surface area (TPSA) is 84.2 Å². The molecule has 108 heavy (non-hydrogen) atoms. The lowest BCUT2D eigenvalue weighted by molar-refractivity contribution is 1.08. The van der Waals surface area contributed by atoms with Gasteiger partial charge in [0.2, 0.25) is 0 Å². The van der Waals surface area contributed by atoms with Gasteiger partial charge in [-0.25, -0.2) is 24.9 Å². The third-order valence-electron chi connectivity index (χ3n) is 21.3. The van der Waals surface area contributed by atoms with Crippen LogP contribution in [0.3, 0.4) is 0 Å². The molecule has 0 radical (unpaired) electrons. The van der Waals surface area contributed by atoms with Gasteiger partial charge in [0.25, 0.3) is 0 Å². The fourth-order valence-electron chi connectivity index (χ4n) is 16.5. The van der Waals surface area contributed by atoms with Gasteiger partial charge in [0.1, 0.15) is 0 Å². The van der Waals surface area contributed by atoms with Crippen LogP contribution in [0.25, 0.3) is 200 Å². The highest BCUT2D eigenvalue weighted by atomic mass is 15.0. The SMILES string of the molecule is c1ccc(-c2cc(-c3ccccc3)nc(-c3cccc4cc(-n5c6ccccc6c6c7c8ccccc8n(-c8ccccc8)c7ccc65)ccc34)n2)cc1.c1ccc(-c2nc(-c3ccccc3)nc(-c3cccc4cc(-n5c6ccccc6c6c7c8ccccc8n(-c8ccccc8)c7ccc65)ccc34)n2)cc1. The average Bonchev–Trinajstić information content (AvgIpc) is 1.55. The predicted molar refractivity (Wildman–Crippen MR) is 447 cm³/mol. The number of fused-ring (bicyclic) bond motifs is 16. The molecule has 22 rings (SSSR count). The van der Waals surface area contributed by atoms with E-state index in [2.05, 4.69) is 328 Å². The van der Waals surface area contributed by atoms with Crippen LogP contribution in [-0.4, -0.2) is 43.2 Å². The van der Waals surface area contributed by atoms with Crippen molar-refractivity contribution in [1.29, 1.82) is 0 Å². The highest BCUT2D eigenvalue weighted by molar-refractivity contribution is 6.30. The first-order valence-corrected chi connectivity index (χ1v) is 36.6. The van der Waals surface area contributed by atoms with Crippen LogP contribution in [0, 0.1) is 0 Å². The minimum Gasteiger partial charge on any atom is -0.309 e. The standard InChI is InChI=1S/C50H32N4.C49H31N5/c1-4-15-33(16-5-1)42-32-43(34-17-6-2-7-18-34)52-50(51-42)39-24-14-19-35-31-37(27-28-38(35)39)54-45-26-13-11-23-41(45)49-47(54)30-29-46-48(49)40-22-10-12-25-44(40)53(46)36-20-8-3-9-21-36;1-4-15-32(16-5-1)47-50-48(33-17-6-2-7-18-33)52-49(51-47)38-24-14-19-34-31-36(27-28-37(34)38)54-42-26-13-11-23-40(42)46-44(54)30-29-43-45(46)39-22-10-12-25-41(39)53(43)35-20-8-3-9-21-35/h1-32H;1-31H. The van der Waals surface area contributed by atoms with Gasteiger partial charge in [0.05, 0.1) is 55.5 Å². The second-order valence-electron chi connectivity index (χ2n) is 27.4. The summed E-state index contributed by atoms with van der Waals surface area (Å²) in [6, 6.07) is 135. The van der Waals surface area contributed by atoms with Crippen molar-refractivity contribution in [2.45, 2.75) is 0 Å². The molecule has 0 N–H and O–H groups in total. The van der Waals surface area contributed by atoms with Gasteiger partial charge in [-0.3, -0.25) is 0 Å². The molecular weight excluding hydrogens is 1320 g/mol. The second kappa shape index (κ2) is 25.6. The third kappa shape index (κ3) is 10.3. The summed E-state index contributed by atoms with van der Waals surface area (Å²) in [5.74, 6) is 2.66. The predicted octanol–water partition coefficient (Wildman–Crippen LogP) is 25.0. The Morgan fingerprint density at radius 1 is 0.167 bits per heavy atom. The molecule has 0 amide bonds. The molecule has 0 bridgehead atoms. The van der Waals surface area contributed by atoms with Crippen LogP contribution in [0.1, 0.15) is 0 Å². The summed E-state index contributed by atoms with van der Waals surface area (Å²) in [5, 5.41) is 14.5. The molecule has 9 nitrogen and oxygen atoms in total. The van der Waals surface area contributed by atoms with E-state index in [9.17, 15) is 0 Å². The first-order chi connectivity index (χ1) is 53.6. The third-order valence-corrected chi connectivity index (χ3v) is 21.3. The molecule has 0 saturated heterocycles. The maximum atomic E-state index is 5.16. The molecule has 0 aliphatic carbocycles. The van der Waals surface area contributed by atoms with E-state index in [0.29, 0.717) is 23.3 Å². The molecule has 0 spiro atoms. The van der Waals surface area contributed by atoms with Crippen LogP contribution in [0.2, 0.25) is 0 Å². The van der Waals surface area contributed by atoms with Crippen molar-refractivity contribution in [2.75, 3.05) is 0 Å². The summed E-state index contributed by atoms with van der Waals surface area (Å²) in [5.41, 5.74) is 21.8. The molecule has 0 saturated carbocycles. The fourth-order valence-corrected chi connectivity index (χ4v) is 16.5. The van der Waals surface area contributed by atoms with Crippen LogP contribution in [0.15, 0.2) is 382 Å². The number of hydrogen-bond acceptors (Lipinski definition) is 5. The van der Waals surface area contributed by atoms with E-state index in [1.807, 2.05) is 72.8 Å². The first-order valence-electron chi connectivity index (χ1n) is 36.6. The zero-order valence-electron chi connectivity index (χ0n) is 58.4. The van der Waals surface area contributed by atoms with E-state index in [0.717, 1.165) is 89.1 Å². The molecule has 0 fully saturated rings. The van der Waals surface area contributed by atoms with Crippen LogP contribution in [-0.2, 0) is 0 Å². The Morgan fingerprint density at radius 3 is 0.806 bits per heavy atom. The number of para-hydroxylation sites is 6. The molecule has 16 aromatic carbocycles. The van der Waals surface area contributed by atoms with Crippen molar-refractivity contribution in [3.8, 4) is 90.8 Å². The molecular formula is C99H63N9. The van der Waals surface area contributed by atoms with E-state index < -0.39 is 0 Å². The Hall–Kier alpha value is -14.7. The van der Waals surface area contributed by atoms with Gasteiger partial charge in [-0.05, 0) is 125 Å². The average molecular weight is 1380 g/mol. The minimum absolute atomic E-state index is 0.648. The number of nitrogens with zero attached hydrogens (tertiary/aromatic N) is 9. The summed E-state index contributed by atoms with van der Waals surface area (Å²) < 4.78 is 9.62. The molecule has 0 aliphatic rings. The van der Waals surface area contributed by atoms with Gasteiger partial charge in [-0.15, -0.1) is 0 Å². The summed E-state index contributed by atoms with van der Waals surface area (Å²) in [6.45, 7) is 0. The lowest BCUT2D eigenvalue weighted by Gasteiger charge is -2.13. The zero-order chi connectivity index (χ0) is 71.2. The van der Waals surface area contributed by atoms with Crippen molar-refractivity contribution >= 4 is 109 Å². The molecule has 22 aromatic rings. The van der Waals surface area contributed by atoms with E-state index >= 15 is 0 Å². The number of aromatic nitrogens is 9. The minimum atomic E-state index is 0.648. The van der Waals surface area contributed by atoms with Gasteiger partial charge >= 0.3 is 0 Å². The van der Waals surface area contributed by atoms with Crippen molar-refractivity contribution in [2.24, 2.45) is 0 Å². The largest absolute Gasteiger partial charge is 0.309 e. The first kappa shape index (κ1) is 61.9. The maximum absolute atomic E-state index is 5.16. The van der Waals surface area contributed by atoms with Crippen LogP contribution in [0.4, 0.5) is 0 Å². The second-order valence-corrected chi connectivity index (χ2v) is 27.4. The Kier molecular flexibility index (Phi) is 14.7. The lowest BCUT2D eigenvalue weighted by Crippen LogP contribution is -2.00. The van der Waals surface area contributed by atoms with E-state index in [-0.39, 0.29) is 0 Å². The molecule has 0 aliphatic heterocycles. The normalized spacial score (nSPS) is 11.7. The molecule has 504 valence electrons. The van der Waals surface area contributed by atoms with Gasteiger partial charge < -0.3 is 18.3 Å². The van der Waals surface area contributed by atoms with E-state index in [1.165, 1.54) is 87.2 Å². The Labute approximate surface area is 621 Å². The maximum Gasteiger partial charge on any atom is 0.164 e. The van der Waals surface area contributed by atoms with Crippen LogP contribution in [0.5, 0.6) is 0 Å². The molecule has 0 atom stereocenters. The summed E-state index contributed by atoms with van der Waals surface area (Å²) in [4.78, 5) is 25.3. The van der Waals surface area contributed by atoms with Crippen LogP contribution < -0.4 is 0 Å². The van der Waals surface area contributed by atoms with Crippen molar-refractivity contribution in [3.63, 3.8) is 0 Å². The lowest BCUT2D eigenvalue weighted by atomic mass is 10.0. The summed E-state index contributed by atoms with van der Waals surface area (Å²) >= 11 is 0. The van der Waals surface area contributed by atoms with Crippen LogP contribution >= 0.6 is 0 Å². The zero-order valence-corrected chi connectivity index (χ0v) is 58.4. The van der Waals surface area contributed by atoms with E-state index in [4.69, 9.17) is 24.9 Å². The number of rotatable bonds is 10. The monoisotopic (exact) mass is 1380 g/mol. The van der Waals surface area contributed by atoms with Crippen molar-refractivity contribution in [1.82, 2.24) is 43.2 Å². The molecule has 0 unspecified atom stereocenters. The van der Waals surface area contributed by atoms with Gasteiger partial charge in [-0.2, -0.15) is 0 Å². The van der Waals surface area contributed by atoms with E-state index in [1.54, 1.807) is 0 Å². The number of benzene rings is 16. The van der Waals surface area contributed by atoms with Gasteiger partial charge in [-0.1, -0.05) is 279 Å².